The third-order valence-electron chi connectivity index (χ3n) is 4.46. The highest BCUT2D eigenvalue weighted by Gasteiger charge is 2.17. The lowest BCUT2D eigenvalue weighted by Gasteiger charge is -2.09. The Morgan fingerprint density at radius 1 is 1.07 bits per heavy atom. The van der Waals surface area contributed by atoms with Gasteiger partial charge in [0.25, 0.3) is 11.8 Å². The lowest BCUT2D eigenvalue weighted by atomic mass is 10.1. The van der Waals surface area contributed by atoms with Gasteiger partial charge in [0.05, 0.1) is 27.6 Å². The molecule has 3 rings (SSSR count). The van der Waals surface area contributed by atoms with Crippen LogP contribution in [0.2, 0.25) is 5.02 Å². The molecule has 156 valence electrons. The highest BCUT2D eigenvalue weighted by atomic mass is 35.5. The minimum absolute atomic E-state index is 0.0206. The van der Waals surface area contributed by atoms with Crippen molar-refractivity contribution >= 4 is 39.8 Å². The lowest BCUT2D eigenvalue weighted by molar-refractivity contribution is 0.0953. The molecule has 2 amide bonds. The van der Waals surface area contributed by atoms with Gasteiger partial charge in [0.15, 0.2) is 0 Å². The first-order valence-electron chi connectivity index (χ1n) is 9.07. The van der Waals surface area contributed by atoms with E-state index in [1.807, 2.05) is 25.1 Å². The van der Waals surface area contributed by atoms with Gasteiger partial charge in [-0.3, -0.25) is 9.59 Å². The summed E-state index contributed by atoms with van der Waals surface area (Å²) in [5.74, 6) is -0.468. The Balaban J connectivity index is 1.67. The maximum atomic E-state index is 13.2. The first-order chi connectivity index (χ1) is 14.3. The number of anilines is 1. The number of halogens is 2. The van der Waals surface area contributed by atoms with Crippen LogP contribution in [-0.4, -0.2) is 18.9 Å². The van der Waals surface area contributed by atoms with E-state index >= 15 is 0 Å². The zero-order valence-corrected chi connectivity index (χ0v) is 18.2. The predicted octanol–water partition coefficient (Wildman–Crippen LogP) is 5.35. The zero-order valence-electron chi connectivity index (χ0n) is 16.6. The van der Waals surface area contributed by atoms with Crippen LogP contribution in [-0.2, 0) is 6.54 Å². The highest BCUT2D eigenvalue weighted by molar-refractivity contribution is 7.18. The molecular formula is C22H20ClFN2O3S. The smallest absolute Gasteiger partial charge is 0.261 e. The number of thiophene rings is 1. The Morgan fingerprint density at radius 2 is 1.83 bits per heavy atom. The van der Waals surface area contributed by atoms with Crippen molar-refractivity contribution in [1.29, 1.82) is 0 Å². The molecule has 0 fully saturated rings. The van der Waals surface area contributed by atoms with Gasteiger partial charge in [-0.25, -0.2) is 4.39 Å². The van der Waals surface area contributed by atoms with Gasteiger partial charge in [0, 0.05) is 6.54 Å². The van der Waals surface area contributed by atoms with E-state index in [0.717, 1.165) is 39.8 Å². The van der Waals surface area contributed by atoms with Crippen molar-refractivity contribution < 1.29 is 18.7 Å². The summed E-state index contributed by atoms with van der Waals surface area (Å²) in [6, 6.07) is 11.0. The summed E-state index contributed by atoms with van der Waals surface area (Å²) in [7, 11) is 1.61. The molecular weight excluding hydrogens is 427 g/mol. The molecule has 30 heavy (non-hydrogen) atoms. The summed E-state index contributed by atoms with van der Waals surface area (Å²) in [6.07, 6.45) is 0. The lowest BCUT2D eigenvalue weighted by Crippen LogP contribution is -2.22. The van der Waals surface area contributed by atoms with E-state index in [9.17, 15) is 14.0 Å². The van der Waals surface area contributed by atoms with Crippen molar-refractivity contribution in [2.75, 3.05) is 12.4 Å². The number of carbonyl (C=O) groups excluding carboxylic acids is 2. The van der Waals surface area contributed by atoms with Crippen LogP contribution in [0.15, 0.2) is 42.5 Å². The second-order valence-electron chi connectivity index (χ2n) is 6.69. The molecule has 2 N–H and O–H groups in total. The van der Waals surface area contributed by atoms with Crippen molar-refractivity contribution in [2.24, 2.45) is 0 Å². The molecule has 8 heteroatoms. The summed E-state index contributed by atoms with van der Waals surface area (Å²) in [6.45, 7) is 4.09. The quantitative estimate of drug-likeness (QED) is 0.536. The second-order valence-corrected chi connectivity index (χ2v) is 8.15. The number of amides is 2. The fourth-order valence-electron chi connectivity index (χ4n) is 2.86. The molecule has 0 spiro atoms. The third kappa shape index (κ3) is 4.98. The molecule has 0 radical (unpaired) electrons. The van der Waals surface area contributed by atoms with E-state index in [0.29, 0.717) is 16.4 Å². The molecule has 5 nitrogen and oxygen atoms in total. The van der Waals surface area contributed by atoms with Crippen LogP contribution in [0.4, 0.5) is 9.39 Å². The van der Waals surface area contributed by atoms with Gasteiger partial charge >= 0.3 is 0 Å². The van der Waals surface area contributed by atoms with E-state index in [-0.39, 0.29) is 16.5 Å². The zero-order chi connectivity index (χ0) is 21.8. The molecule has 0 unspecified atom stereocenters. The third-order valence-corrected chi connectivity index (χ3v) is 5.93. The van der Waals surface area contributed by atoms with Crippen molar-refractivity contribution in [3.05, 3.63) is 80.4 Å². The molecule has 2 aromatic carbocycles. The predicted molar refractivity (Wildman–Crippen MR) is 117 cm³/mol. The van der Waals surface area contributed by atoms with Crippen molar-refractivity contribution in [3.63, 3.8) is 0 Å². The molecule has 1 heterocycles. The fourth-order valence-corrected chi connectivity index (χ4v) is 4.10. The Hall–Kier alpha value is -2.90. The van der Waals surface area contributed by atoms with Crippen LogP contribution in [0.1, 0.15) is 36.7 Å². The maximum Gasteiger partial charge on any atom is 0.261 e. The monoisotopic (exact) mass is 446 g/mol. The molecule has 0 aliphatic carbocycles. The van der Waals surface area contributed by atoms with E-state index in [4.69, 9.17) is 16.3 Å². The van der Waals surface area contributed by atoms with Crippen LogP contribution in [0.3, 0.4) is 0 Å². The number of rotatable bonds is 6. The Labute approximate surface area is 182 Å². The van der Waals surface area contributed by atoms with Crippen molar-refractivity contribution in [2.45, 2.75) is 20.4 Å². The summed E-state index contributed by atoms with van der Waals surface area (Å²) < 4.78 is 18.5. The summed E-state index contributed by atoms with van der Waals surface area (Å²) >= 11 is 7.10. The maximum absolute atomic E-state index is 13.2. The Kier molecular flexibility index (Phi) is 6.74. The van der Waals surface area contributed by atoms with Gasteiger partial charge in [0.2, 0.25) is 0 Å². The Morgan fingerprint density at radius 3 is 2.53 bits per heavy atom. The standard InChI is InChI=1S/C22H20ClFN2O3S/c1-12-4-5-14(9-18(12)29-3)11-25-22(28)20-13(2)8-19(30-20)26-21(27)16-7-6-15(24)10-17(16)23/h4-10H,11H2,1-3H3,(H,25,28)(H,26,27). The average molecular weight is 447 g/mol. The van der Waals surface area contributed by atoms with Gasteiger partial charge in [0.1, 0.15) is 11.6 Å². The molecule has 1 aromatic heterocycles. The summed E-state index contributed by atoms with van der Waals surface area (Å²) in [4.78, 5) is 25.5. The number of benzene rings is 2. The van der Waals surface area contributed by atoms with Crippen LogP contribution < -0.4 is 15.4 Å². The average Bonchev–Trinajstić information content (AvgIpc) is 3.07. The van der Waals surface area contributed by atoms with Gasteiger partial charge in [-0.05, 0) is 60.9 Å². The molecule has 0 aliphatic rings. The molecule has 3 aromatic rings. The highest BCUT2D eigenvalue weighted by Crippen LogP contribution is 2.28. The molecule has 0 aliphatic heterocycles. The molecule has 0 bridgehead atoms. The molecule has 0 saturated carbocycles. The number of nitrogens with one attached hydrogen (secondary N) is 2. The number of methoxy groups -OCH3 is 1. The van der Waals surface area contributed by atoms with E-state index in [2.05, 4.69) is 10.6 Å². The molecule has 0 saturated heterocycles. The topological polar surface area (TPSA) is 67.4 Å². The first-order valence-corrected chi connectivity index (χ1v) is 10.3. The van der Waals surface area contributed by atoms with E-state index < -0.39 is 11.7 Å². The number of carbonyl (C=O) groups is 2. The number of ether oxygens (including phenoxy) is 1. The van der Waals surface area contributed by atoms with Crippen LogP contribution >= 0.6 is 22.9 Å². The van der Waals surface area contributed by atoms with Gasteiger partial charge in [-0.2, -0.15) is 0 Å². The van der Waals surface area contributed by atoms with Crippen LogP contribution in [0, 0.1) is 19.7 Å². The number of hydrogen-bond acceptors (Lipinski definition) is 4. The summed E-state index contributed by atoms with van der Waals surface area (Å²) in [5, 5.41) is 6.11. The Bertz CT molecular complexity index is 1110. The second kappa shape index (κ2) is 9.28. The minimum atomic E-state index is -0.520. The van der Waals surface area contributed by atoms with Gasteiger partial charge < -0.3 is 15.4 Å². The van der Waals surface area contributed by atoms with Crippen molar-refractivity contribution in [1.82, 2.24) is 5.32 Å². The van der Waals surface area contributed by atoms with E-state index in [1.165, 1.54) is 12.1 Å². The normalized spacial score (nSPS) is 10.6. The van der Waals surface area contributed by atoms with Gasteiger partial charge in [-0.15, -0.1) is 11.3 Å². The molecule has 0 atom stereocenters. The number of aryl methyl sites for hydroxylation is 2. The first kappa shape index (κ1) is 21.8. The van der Waals surface area contributed by atoms with Crippen LogP contribution in [0.25, 0.3) is 0 Å². The minimum Gasteiger partial charge on any atom is -0.496 e. The largest absolute Gasteiger partial charge is 0.496 e. The van der Waals surface area contributed by atoms with Crippen molar-refractivity contribution in [3.8, 4) is 5.75 Å². The summed E-state index contributed by atoms with van der Waals surface area (Å²) in [5.41, 5.74) is 2.82. The van der Waals surface area contributed by atoms with Gasteiger partial charge in [-0.1, -0.05) is 23.7 Å². The number of hydrogen-bond donors (Lipinski definition) is 2. The van der Waals surface area contributed by atoms with E-state index in [1.54, 1.807) is 20.1 Å². The van der Waals surface area contributed by atoms with Crippen LogP contribution in [0.5, 0.6) is 5.75 Å². The fraction of sp³-hybridized carbons (Fsp3) is 0.182. The SMILES string of the molecule is COc1cc(CNC(=O)c2sc(NC(=O)c3ccc(F)cc3Cl)cc2C)ccc1C.